The van der Waals surface area contributed by atoms with Crippen LogP contribution < -0.4 is 10.5 Å². The lowest BCUT2D eigenvalue weighted by Gasteiger charge is -2.11. The lowest BCUT2D eigenvalue weighted by atomic mass is 10.1. The summed E-state index contributed by atoms with van der Waals surface area (Å²) in [6.07, 6.45) is 0.970. The fraction of sp³-hybridized carbons (Fsp3) is 0.200. The third kappa shape index (κ3) is 2.68. The summed E-state index contributed by atoms with van der Waals surface area (Å²) in [6.45, 7) is 0.500. The summed E-state index contributed by atoms with van der Waals surface area (Å²) < 4.78 is 19.1. The van der Waals surface area contributed by atoms with Gasteiger partial charge in [0.1, 0.15) is 6.61 Å². The predicted octanol–water partition coefficient (Wildman–Crippen LogP) is 3.50. The highest BCUT2D eigenvalue weighted by molar-refractivity contribution is 8.00. The average molecular weight is 275 g/mol. The number of rotatable bonds is 3. The first-order chi connectivity index (χ1) is 9.22. The maximum absolute atomic E-state index is 13.6. The van der Waals surface area contributed by atoms with Gasteiger partial charge in [-0.2, -0.15) is 0 Å². The molecule has 1 heterocycles. The molecule has 3 rings (SSSR count). The van der Waals surface area contributed by atoms with Gasteiger partial charge in [-0.05, 0) is 30.2 Å². The number of benzene rings is 2. The number of thioether (sulfide) groups is 1. The molecule has 2 nitrogen and oxygen atoms in total. The van der Waals surface area contributed by atoms with Crippen LogP contribution >= 0.6 is 11.8 Å². The molecule has 0 amide bonds. The van der Waals surface area contributed by atoms with Crippen LogP contribution in [0.25, 0.3) is 0 Å². The summed E-state index contributed by atoms with van der Waals surface area (Å²) in [5, 5.41) is 0.342. The number of nitrogen functional groups attached to an aromatic ring is 1. The van der Waals surface area contributed by atoms with Crippen LogP contribution in [0.2, 0.25) is 0 Å². The van der Waals surface area contributed by atoms with Crippen molar-refractivity contribution in [2.75, 3.05) is 12.3 Å². The number of fused-ring (bicyclic) bond motifs is 1. The molecule has 0 radical (unpaired) electrons. The van der Waals surface area contributed by atoms with Gasteiger partial charge in [-0.25, -0.2) is 4.39 Å². The molecule has 0 bridgehead atoms. The van der Waals surface area contributed by atoms with Crippen LogP contribution in [-0.2, 0) is 6.42 Å². The van der Waals surface area contributed by atoms with Crippen LogP contribution in [0, 0.1) is 5.82 Å². The Bertz CT molecular complexity index is 577. The van der Waals surface area contributed by atoms with Gasteiger partial charge in [-0.1, -0.05) is 18.2 Å². The van der Waals surface area contributed by atoms with Crippen LogP contribution in [0.1, 0.15) is 5.56 Å². The number of halogens is 1. The summed E-state index contributed by atoms with van der Waals surface area (Å²) in [5.41, 5.74) is 7.26. The van der Waals surface area contributed by atoms with Crippen LogP contribution in [0.15, 0.2) is 47.4 Å². The van der Waals surface area contributed by atoms with E-state index in [1.807, 2.05) is 12.1 Å². The van der Waals surface area contributed by atoms with E-state index in [1.54, 1.807) is 23.9 Å². The molecule has 2 aromatic carbocycles. The quantitative estimate of drug-likeness (QED) is 0.871. The van der Waals surface area contributed by atoms with E-state index < -0.39 is 5.82 Å². The largest absolute Gasteiger partial charge is 0.489 e. The van der Waals surface area contributed by atoms with Crippen molar-refractivity contribution in [2.24, 2.45) is 0 Å². The Morgan fingerprint density at radius 3 is 2.89 bits per heavy atom. The van der Waals surface area contributed by atoms with E-state index >= 15 is 0 Å². The Morgan fingerprint density at radius 1 is 1.26 bits per heavy atom. The molecule has 0 aromatic heterocycles. The molecule has 1 unspecified atom stereocenters. The second-order valence-corrected chi connectivity index (χ2v) is 5.89. The van der Waals surface area contributed by atoms with E-state index in [2.05, 4.69) is 12.1 Å². The fourth-order valence-corrected chi connectivity index (χ4v) is 3.38. The monoisotopic (exact) mass is 275 g/mol. The second-order valence-electron chi connectivity index (χ2n) is 4.55. The van der Waals surface area contributed by atoms with Gasteiger partial charge in [-0.3, -0.25) is 0 Å². The first-order valence-electron chi connectivity index (χ1n) is 6.15. The molecule has 98 valence electrons. The van der Waals surface area contributed by atoms with E-state index in [1.165, 1.54) is 16.5 Å². The predicted molar refractivity (Wildman–Crippen MR) is 76.1 cm³/mol. The van der Waals surface area contributed by atoms with Crippen molar-refractivity contribution in [2.45, 2.75) is 16.6 Å². The summed E-state index contributed by atoms with van der Waals surface area (Å²) in [4.78, 5) is 1.30. The lowest BCUT2D eigenvalue weighted by molar-refractivity contribution is 0.301. The van der Waals surface area contributed by atoms with Crippen molar-refractivity contribution >= 4 is 17.4 Å². The van der Waals surface area contributed by atoms with E-state index in [0.717, 1.165) is 6.42 Å². The van der Waals surface area contributed by atoms with Gasteiger partial charge in [0.2, 0.25) is 0 Å². The SMILES string of the molecule is Nc1ccc(OCC2Cc3ccccc3S2)c(F)c1. The Hall–Kier alpha value is -1.68. The number of ether oxygens (including phenoxy) is 1. The molecule has 0 aliphatic carbocycles. The Kier molecular flexibility index (Phi) is 3.34. The van der Waals surface area contributed by atoms with E-state index in [9.17, 15) is 4.39 Å². The molecule has 1 aliphatic heterocycles. The minimum absolute atomic E-state index is 0.269. The zero-order valence-electron chi connectivity index (χ0n) is 10.3. The molecule has 0 saturated carbocycles. The first kappa shape index (κ1) is 12.4. The molecular weight excluding hydrogens is 261 g/mol. The minimum atomic E-state index is -0.402. The summed E-state index contributed by atoms with van der Waals surface area (Å²) >= 11 is 1.79. The van der Waals surface area contributed by atoms with Gasteiger partial charge in [0, 0.05) is 21.9 Å². The van der Waals surface area contributed by atoms with Crippen molar-refractivity contribution < 1.29 is 9.13 Å². The van der Waals surface area contributed by atoms with Gasteiger partial charge in [0.05, 0.1) is 0 Å². The van der Waals surface area contributed by atoms with Gasteiger partial charge in [0.25, 0.3) is 0 Å². The van der Waals surface area contributed by atoms with Crippen LogP contribution in [0.4, 0.5) is 10.1 Å². The van der Waals surface area contributed by atoms with Crippen LogP contribution in [0.3, 0.4) is 0 Å². The molecular formula is C15H14FNOS. The molecule has 1 atom stereocenters. The van der Waals surface area contributed by atoms with Crippen molar-refractivity contribution in [1.29, 1.82) is 0 Å². The van der Waals surface area contributed by atoms with Crippen molar-refractivity contribution in [3.05, 3.63) is 53.8 Å². The first-order valence-corrected chi connectivity index (χ1v) is 7.03. The van der Waals surface area contributed by atoms with Crippen LogP contribution in [-0.4, -0.2) is 11.9 Å². The van der Waals surface area contributed by atoms with Gasteiger partial charge in [-0.15, -0.1) is 11.8 Å². The molecule has 4 heteroatoms. The minimum Gasteiger partial charge on any atom is -0.489 e. The van der Waals surface area contributed by atoms with Gasteiger partial charge >= 0.3 is 0 Å². The maximum atomic E-state index is 13.6. The highest BCUT2D eigenvalue weighted by atomic mass is 32.2. The third-order valence-corrected chi connectivity index (χ3v) is 4.38. The topological polar surface area (TPSA) is 35.2 Å². The second kappa shape index (κ2) is 5.13. The normalized spacial score (nSPS) is 17.2. The standard InChI is InChI=1S/C15H14FNOS/c16-13-8-11(17)5-6-14(13)18-9-12-7-10-3-1-2-4-15(10)19-12/h1-6,8,12H,7,9,17H2. The highest BCUT2D eigenvalue weighted by Crippen LogP contribution is 2.37. The number of anilines is 1. The Morgan fingerprint density at radius 2 is 2.11 bits per heavy atom. The smallest absolute Gasteiger partial charge is 0.167 e. The molecule has 2 aromatic rings. The number of nitrogens with two attached hydrogens (primary N) is 1. The van der Waals surface area contributed by atoms with E-state index in [-0.39, 0.29) is 5.75 Å². The van der Waals surface area contributed by atoms with E-state index in [0.29, 0.717) is 17.5 Å². The average Bonchev–Trinajstić information content (AvgIpc) is 2.80. The Balaban J connectivity index is 1.63. The molecule has 19 heavy (non-hydrogen) atoms. The summed E-state index contributed by atoms with van der Waals surface area (Å²) in [6, 6.07) is 12.8. The molecule has 2 N–H and O–H groups in total. The zero-order valence-corrected chi connectivity index (χ0v) is 11.1. The number of hydrogen-bond donors (Lipinski definition) is 1. The van der Waals surface area contributed by atoms with Crippen LogP contribution in [0.5, 0.6) is 5.75 Å². The van der Waals surface area contributed by atoms with Crippen molar-refractivity contribution in [1.82, 2.24) is 0 Å². The molecule has 0 spiro atoms. The Labute approximate surface area is 115 Å². The van der Waals surface area contributed by atoms with Gasteiger partial charge < -0.3 is 10.5 Å². The van der Waals surface area contributed by atoms with E-state index in [4.69, 9.17) is 10.5 Å². The third-order valence-electron chi connectivity index (χ3n) is 3.09. The lowest BCUT2D eigenvalue weighted by Crippen LogP contribution is -2.14. The van der Waals surface area contributed by atoms with Crippen molar-refractivity contribution in [3.63, 3.8) is 0 Å². The van der Waals surface area contributed by atoms with Gasteiger partial charge in [0.15, 0.2) is 11.6 Å². The number of hydrogen-bond acceptors (Lipinski definition) is 3. The summed E-state index contributed by atoms with van der Waals surface area (Å²) in [5.74, 6) is -0.133. The fourth-order valence-electron chi connectivity index (χ4n) is 2.16. The zero-order chi connectivity index (χ0) is 13.2. The van der Waals surface area contributed by atoms with Crippen molar-refractivity contribution in [3.8, 4) is 5.75 Å². The molecule has 0 fully saturated rings. The molecule has 1 aliphatic rings. The molecule has 0 saturated heterocycles. The summed E-state index contributed by atoms with van der Waals surface area (Å²) in [7, 11) is 0. The maximum Gasteiger partial charge on any atom is 0.167 e. The highest BCUT2D eigenvalue weighted by Gasteiger charge is 2.22.